The topological polar surface area (TPSA) is 38.8 Å². The molecule has 2 heterocycles. The van der Waals surface area contributed by atoms with E-state index in [1.165, 1.54) is 12.8 Å². The molecule has 0 spiro atoms. The van der Waals surface area contributed by atoms with Crippen LogP contribution < -0.4 is 9.47 Å². The van der Waals surface area contributed by atoms with Crippen molar-refractivity contribution < 1.29 is 14.3 Å². The van der Waals surface area contributed by atoms with Crippen molar-refractivity contribution in [1.29, 1.82) is 0 Å². The summed E-state index contributed by atoms with van der Waals surface area (Å²) in [6.07, 6.45) is 6.11. The third kappa shape index (κ3) is 3.69. The molecule has 0 aromatic heterocycles. The number of rotatable bonds is 2. The van der Waals surface area contributed by atoms with Gasteiger partial charge in [0.05, 0.1) is 19.6 Å². The molecule has 0 atom stereocenters. The van der Waals surface area contributed by atoms with E-state index in [1.54, 1.807) is 0 Å². The standard InChI is InChI=1S/C17H23NO3/c19-17(18-8-3-1-2-4-9-18)13-14-6-7-15-16(12-14)21-11-5-10-20-15/h6-7,12H,1-5,8-11,13H2. The summed E-state index contributed by atoms with van der Waals surface area (Å²) < 4.78 is 11.3. The highest BCUT2D eigenvalue weighted by Gasteiger charge is 2.17. The summed E-state index contributed by atoms with van der Waals surface area (Å²) in [5.41, 5.74) is 1.01. The summed E-state index contributed by atoms with van der Waals surface area (Å²) in [4.78, 5) is 14.4. The van der Waals surface area contributed by atoms with Gasteiger partial charge in [-0.15, -0.1) is 0 Å². The number of amides is 1. The van der Waals surface area contributed by atoms with Crippen LogP contribution in [0.15, 0.2) is 18.2 Å². The van der Waals surface area contributed by atoms with E-state index in [0.717, 1.165) is 49.4 Å². The van der Waals surface area contributed by atoms with Crippen LogP contribution in [0.3, 0.4) is 0 Å². The molecule has 2 aliphatic rings. The molecule has 4 nitrogen and oxygen atoms in total. The van der Waals surface area contributed by atoms with Crippen molar-refractivity contribution in [2.24, 2.45) is 0 Å². The summed E-state index contributed by atoms with van der Waals surface area (Å²) in [7, 11) is 0. The summed E-state index contributed by atoms with van der Waals surface area (Å²) >= 11 is 0. The molecule has 0 aliphatic carbocycles. The van der Waals surface area contributed by atoms with Crippen LogP contribution in [-0.4, -0.2) is 37.1 Å². The molecule has 3 rings (SSSR count). The molecule has 1 aromatic carbocycles. The van der Waals surface area contributed by atoms with E-state index in [0.29, 0.717) is 19.6 Å². The lowest BCUT2D eigenvalue weighted by Gasteiger charge is -2.20. The number of likely N-dealkylation sites (tertiary alicyclic amines) is 1. The van der Waals surface area contributed by atoms with E-state index >= 15 is 0 Å². The Labute approximate surface area is 126 Å². The highest BCUT2D eigenvalue weighted by atomic mass is 16.5. The Morgan fingerprint density at radius 3 is 2.43 bits per heavy atom. The minimum atomic E-state index is 0.228. The van der Waals surface area contributed by atoms with Gasteiger partial charge in [-0.3, -0.25) is 4.79 Å². The van der Waals surface area contributed by atoms with Crippen LogP contribution in [0.4, 0.5) is 0 Å². The molecule has 0 bridgehead atoms. The van der Waals surface area contributed by atoms with Gasteiger partial charge in [0, 0.05) is 19.5 Å². The normalized spacial score (nSPS) is 18.8. The Morgan fingerprint density at radius 2 is 1.67 bits per heavy atom. The molecule has 0 unspecified atom stereocenters. The van der Waals surface area contributed by atoms with Gasteiger partial charge in [0.25, 0.3) is 0 Å². The largest absolute Gasteiger partial charge is 0.490 e. The Bertz CT molecular complexity index is 493. The first-order chi connectivity index (χ1) is 10.3. The second kappa shape index (κ2) is 6.83. The lowest BCUT2D eigenvalue weighted by Crippen LogP contribution is -2.33. The van der Waals surface area contributed by atoms with Gasteiger partial charge in [0.15, 0.2) is 11.5 Å². The summed E-state index contributed by atoms with van der Waals surface area (Å²) in [6.45, 7) is 3.18. The predicted octanol–water partition coefficient (Wildman–Crippen LogP) is 2.79. The second-order valence-corrected chi connectivity index (χ2v) is 5.80. The summed E-state index contributed by atoms with van der Waals surface area (Å²) in [5.74, 6) is 1.79. The Hall–Kier alpha value is -1.71. The van der Waals surface area contributed by atoms with Crippen LogP contribution in [0.1, 0.15) is 37.7 Å². The maximum absolute atomic E-state index is 12.4. The highest BCUT2D eigenvalue weighted by molar-refractivity contribution is 5.79. The molecule has 1 aromatic rings. The zero-order valence-corrected chi connectivity index (χ0v) is 12.5. The molecule has 1 saturated heterocycles. The van der Waals surface area contributed by atoms with Crippen molar-refractivity contribution in [2.75, 3.05) is 26.3 Å². The fraction of sp³-hybridized carbons (Fsp3) is 0.588. The number of fused-ring (bicyclic) bond motifs is 1. The average Bonchev–Trinajstić information content (AvgIpc) is 2.89. The molecule has 0 N–H and O–H groups in total. The molecule has 114 valence electrons. The van der Waals surface area contributed by atoms with Crippen LogP contribution in [-0.2, 0) is 11.2 Å². The molecule has 0 radical (unpaired) electrons. The summed E-state index contributed by atoms with van der Waals surface area (Å²) in [6, 6.07) is 5.85. The van der Waals surface area contributed by atoms with E-state index in [2.05, 4.69) is 0 Å². The number of carbonyl (C=O) groups is 1. The predicted molar refractivity (Wildman–Crippen MR) is 80.8 cm³/mol. The molecule has 21 heavy (non-hydrogen) atoms. The third-order valence-corrected chi connectivity index (χ3v) is 4.13. The van der Waals surface area contributed by atoms with Gasteiger partial charge in [0.2, 0.25) is 5.91 Å². The monoisotopic (exact) mass is 289 g/mol. The van der Waals surface area contributed by atoms with Crippen molar-refractivity contribution in [3.8, 4) is 11.5 Å². The van der Waals surface area contributed by atoms with Gasteiger partial charge in [-0.1, -0.05) is 18.9 Å². The van der Waals surface area contributed by atoms with E-state index in [9.17, 15) is 4.79 Å². The smallest absolute Gasteiger partial charge is 0.226 e. The summed E-state index contributed by atoms with van der Waals surface area (Å²) in [5, 5.41) is 0. The fourth-order valence-corrected chi connectivity index (χ4v) is 2.92. The molecule has 1 amide bonds. The Morgan fingerprint density at radius 1 is 0.952 bits per heavy atom. The van der Waals surface area contributed by atoms with Crippen molar-refractivity contribution in [2.45, 2.75) is 38.5 Å². The molecular formula is C17H23NO3. The van der Waals surface area contributed by atoms with Crippen molar-refractivity contribution in [3.05, 3.63) is 23.8 Å². The number of ether oxygens (including phenoxy) is 2. The number of hydrogen-bond acceptors (Lipinski definition) is 3. The van der Waals surface area contributed by atoms with Crippen LogP contribution in [0, 0.1) is 0 Å². The maximum atomic E-state index is 12.4. The van der Waals surface area contributed by atoms with Gasteiger partial charge in [-0.05, 0) is 30.5 Å². The molecule has 4 heteroatoms. The lowest BCUT2D eigenvalue weighted by molar-refractivity contribution is -0.130. The van der Waals surface area contributed by atoms with Gasteiger partial charge in [-0.25, -0.2) is 0 Å². The fourth-order valence-electron chi connectivity index (χ4n) is 2.92. The molecule has 1 fully saturated rings. The zero-order chi connectivity index (χ0) is 14.5. The van der Waals surface area contributed by atoms with Gasteiger partial charge in [0.1, 0.15) is 0 Å². The highest BCUT2D eigenvalue weighted by Crippen LogP contribution is 2.30. The zero-order valence-electron chi connectivity index (χ0n) is 12.5. The van der Waals surface area contributed by atoms with E-state index < -0.39 is 0 Å². The number of nitrogens with zero attached hydrogens (tertiary/aromatic N) is 1. The van der Waals surface area contributed by atoms with Crippen molar-refractivity contribution >= 4 is 5.91 Å². The average molecular weight is 289 g/mol. The SMILES string of the molecule is O=C(Cc1ccc2c(c1)OCCCO2)N1CCCCCC1. The third-order valence-electron chi connectivity index (χ3n) is 4.13. The number of hydrogen-bond donors (Lipinski definition) is 0. The quantitative estimate of drug-likeness (QED) is 0.840. The first-order valence-corrected chi connectivity index (χ1v) is 7.99. The van der Waals surface area contributed by atoms with Crippen molar-refractivity contribution in [3.63, 3.8) is 0 Å². The number of benzene rings is 1. The van der Waals surface area contributed by atoms with Crippen LogP contribution in [0.25, 0.3) is 0 Å². The van der Waals surface area contributed by atoms with Crippen LogP contribution >= 0.6 is 0 Å². The minimum Gasteiger partial charge on any atom is -0.490 e. The first kappa shape index (κ1) is 14.2. The van der Waals surface area contributed by atoms with Crippen LogP contribution in [0.2, 0.25) is 0 Å². The molecule has 2 aliphatic heterocycles. The lowest BCUT2D eigenvalue weighted by atomic mass is 10.1. The maximum Gasteiger partial charge on any atom is 0.226 e. The van der Waals surface area contributed by atoms with E-state index in [-0.39, 0.29) is 5.91 Å². The Kier molecular flexibility index (Phi) is 4.63. The molecule has 0 saturated carbocycles. The van der Waals surface area contributed by atoms with Crippen LogP contribution in [0.5, 0.6) is 11.5 Å². The van der Waals surface area contributed by atoms with E-state index in [4.69, 9.17) is 9.47 Å². The van der Waals surface area contributed by atoms with Crippen molar-refractivity contribution in [1.82, 2.24) is 4.90 Å². The first-order valence-electron chi connectivity index (χ1n) is 7.99. The van der Waals surface area contributed by atoms with E-state index in [1.807, 2.05) is 23.1 Å². The molecular weight excluding hydrogens is 266 g/mol. The van der Waals surface area contributed by atoms with Gasteiger partial charge < -0.3 is 14.4 Å². The van der Waals surface area contributed by atoms with Gasteiger partial charge in [-0.2, -0.15) is 0 Å². The number of carbonyl (C=O) groups excluding carboxylic acids is 1. The second-order valence-electron chi connectivity index (χ2n) is 5.80. The minimum absolute atomic E-state index is 0.228. The van der Waals surface area contributed by atoms with Gasteiger partial charge >= 0.3 is 0 Å². The Balaban J connectivity index is 1.66.